The second-order valence-electron chi connectivity index (χ2n) is 2.59. The largest absolute Gasteiger partial charge is 1.00 e. The molecular weight excluding hydrogens is 306 g/mol. The summed E-state index contributed by atoms with van der Waals surface area (Å²) in [7, 11) is 0. The standard InChI is InChI=1S/2C5H5.Re.5H/c2*1-2-4-5-3-1;;;;;;/h2*1-3H,4H2;;;;;;/q;;+5;5*-1. The molecule has 62 valence electrons. The average Bonchev–Trinajstić information content (AvgIpc) is 2.60. The molecule has 0 bridgehead atoms. The number of hydrogen-bond donors (Lipinski definition) is 0. The second-order valence-corrected chi connectivity index (χ2v) is 6.75. The Bertz CT molecular complexity index is 253. The number of hydrogen-bond acceptors (Lipinski definition) is 0. The summed E-state index contributed by atoms with van der Waals surface area (Å²) >= 11 is -0.160. The van der Waals surface area contributed by atoms with Gasteiger partial charge in [-0.1, -0.05) is 0 Å². The summed E-state index contributed by atoms with van der Waals surface area (Å²) in [6, 6.07) is 0. The van der Waals surface area contributed by atoms with Crippen molar-refractivity contribution in [2.75, 3.05) is 0 Å². The molecule has 0 saturated heterocycles. The van der Waals surface area contributed by atoms with Crippen molar-refractivity contribution >= 4 is 0 Å². The fourth-order valence-corrected chi connectivity index (χ4v) is 4.43. The van der Waals surface area contributed by atoms with Crippen molar-refractivity contribution < 1.29 is 25.1 Å². The van der Waals surface area contributed by atoms with E-state index in [0.717, 1.165) is 0 Å². The van der Waals surface area contributed by atoms with Crippen molar-refractivity contribution in [1.82, 2.24) is 0 Å². The zero-order valence-corrected chi connectivity index (χ0v) is 8.97. The fourth-order valence-electron chi connectivity index (χ4n) is 1.14. The van der Waals surface area contributed by atoms with E-state index in [9.17, 15) is 0 Å². The van der Waals surface area contributed by atoms with Crippen molar-refractivity contribution in [2.24, 2.45) is 0 Å². The topological polar surface area (TPSA) is 0 Å². The van der Waals surface area contributed by atoms with E-state index in [4.69, 9.17) is 0 Å². The average molecular weight is 321 g/mol. The Morgan fingerprint density at radius 1 is 1.00 bits per heavy atom. The normalized spacial score (nSPS) is 20.0. The Hall–Kier alpha value is -0.378. The molecule has 0 heterocycles. The van der Waals surface area contributed by atoms with Crippen molar-refractivity contribution in [2.45, 2.75) is 12.8 Å². The molecule has 0 saturated carbocycles. The third-order valence-electron chi connectivity index (χ3n) is 1.69. The summed E-state index contributed by atoms with van der Waals surface area (Å²) < 4.78 is 3.42. The first-order valence-corrected chi connectivity index (χ1v) is 6.53. The molecule has 0 nitrogen and oxygen atoms in total. The van der Waals surface area contributed by atoms with Crippen LogP contribution in [0.3, 0.4) is 0 Å². The molecule has 0 aromatic carbocycles. The Labute approximate surface area is 83.0 Å². The summed E-state index contributed by atoms with van der Waals surface area (Å²) in [6.45, 7) is 0. The van der Waals surface area contributed by atoms with Gasteiger partial charge in [-0.15, -0.1) is 0 Å². The Morgan fingerprint density at radius 2 is 1.55 bits per heavy atom. The first-order valence-electron chi connectivity index (χ1n) is 3.81. The smallest absolute Gasteiger partial charge is 1.00 e. The Kier molecular flexibility index (Phi) is 2.21. The van der Waals surface area contributed by atoms with Gasteiger partial charge in [-0.3, -0.25) is 0 Å². The molecule has 0 atom stereocenters. The summed E-state index contributed by atoms with van der Waals surface area (Å²) in [5.74, 6) is 0. The van der Waals surface area contributed by atoms with Crippen LogP contribution in [0.15, 0.2) is 44.5 Å². The predicted octanol–water partition coefficient (Wildman–Crippen LogP) is 3.32. The van der Waals surface area contributed by atoms with Gasteiger partial charge in [0, 0.05) is 0 Å². The minimum Gasteiger partial charge on any atom is -1.00 e. The van der Waals surface area contributed by atoms with Crippen molar-refractivity contribution in [1.29, 1.82) is 0 Å². The van der Waals surface area contributed by atoms with Gasteiger partial charge in [0.15, 0.2) is 0 Å². The van der Waals surface area contributed by atoms with E-state index in [1.54, 1.807) is 8.09 Å². The molecule has 0 fully saturated rings. The molecule has 2 aliphatic carbocycles. The second kappa shape index (κ2) is 3.35. The summed E-state index contributed by atoms with van der Waals surface area (Å²) in [6.07, 6.45) is 16.0. The van der Waals surface area contributed by atoms with E-state index in [1.165, 1.54) is 12.8 Å². The van der Waals surface area contributed by atoms with Gasteiger partial charge in [0.1, 0.15) is 0 Å². The zero-order valence-electron chi connectivity index (χ0n) is 11.3. The van der Waals surface area contributed by atoms with Gasteiger partial charge in [-0.05, 0) is 0 Å². The van der Waals surface area contributed by atoms with Gasteiger partial charge in [0.05, 0.1) is 0 Å². The molecule has 0 amide bonds. The SMILES string of the molecule is C1=CC[C]([Re+5][C]2=CC=CC2)=C1.[H-].[H-].[H-].[H-].[H-]. The van der Waals surface area contributed by atoms with E-state index >= 15 is 0 Å². The minimum atomic E-state index is -0.160. The Morgan fingerprint density at radius 3 is 1.91 bits per heavy atom. The molecular formula is C10H15Re. The summed E-state index contributed by atoms with van der Waals surface area (Å²) in [4.78, 5) is 0. The summed E-state index contributed by atoms with van der Waals surface area (Å²) in [5.41, 5.74) is 0. The van der Waals surface area contributed by atoms with Gasteiger partial charge in [0.2, 0.25) is 0 Å². The maximum absolute atomic E-state index is 2.30. The number of rotatable bonds is 2. The van der Waals surface area contributed by atoms with E-state index in [1.807, 2.05) is 0 Å². The van der Waals surface area contributed by atoms with Crippen LogP contribution in [0.1, 0.15) is 20.0 Å². The van der Waals surface area contributed by atoms with Crippen LogP contribution in [0.2, 0.25) is 0 Å². The molecule has 0 spiro atoms. The molecule has 2 rings (SSSR count). The van der Waals surface area contributed by atoms with Gasteiger partial charge < -0.3 is 7.13 Å². The van der Waals surface area contributed by atoms with Crippen LogP contribution in [0.4, 0.5) is 0 Å². The van der Waals surface area contributed by atoms with Crippen LogP contribution in [0.25, 0.3) is 0 Å². The van der Waals surface area contributed by atoms with Crippen LogP contribution >= 0.6 is 0 Å². The van der Waals surface area contributed by atoms with Crippen LogP contribution in [-0.2, 0) is 18.0 Å². The maximum Gasteiger partial charge on any atom is -1.00 e. The minimum absolute atomic E-state index is 0. The van der Waals surface area contributed by atoms with E-state index in [0.29, 0.717) is 0 Å². The van der Waals surface area contributed by atoms with Gasteiger partial charge in [0.25, 0.3) is 0 Å². The van der Waals surface area contributed by atoms with Gasteiger partial charge >= 0.3 is 75.4 Å². The van der Waals surface area contributed by atoms with Crippen LogP contribution in [0.5, 0.6) is 0 Å². The molecule has 0 aromatic rings. The van der Waals surface area contributed by atoms with Crippen molar-refractivity contribution in [3.63, 3.8) is 0 Å². The van der Waals surface area contributed by atoms with E-state index < -0.39 is 0 Å². The summed E-state index contributed by atoms with van der Waals surface area (Å²) in [5, 5.41) is 0. The first-order chi connectivity index (χ1) is 5.45. The first kappa shape index (κ1) is 7.28. The molecule has 1 heteroatoms. The molecule has 0 aromatic heterocycles. The quantitative estimate of drug-likeness (QED) is 0.732. The van der Waals surface area contributed by atoms with Gasteiger partial charge in [-0.25, -0.2) is 0 Å². The van der Waals surface area contributed by atoms with E-state index in [2.05, 4.69) is 36.5 Å². The van der Waals surface area contributed by atoms with Crippen molar-refractivity contribution in [3.05, 3.63) is 44.5 Å². The molecule has 2 aliphatic rings. The molecule has 0 N–H and O–H groups in total. The molecule has 0 unspecified atom stereocenters. The van der Waals surface area contributed by atoms with Crippen molar-refractivity contribution in [3.8, 4) is 0 Å². The molecule has 0 aliphatic heterocycles. The van der Waals surface area contributed by atoms with E-state index in [-0.39, 0.29) is 25.1 Å². The monoisotopic (exact) mass is 322 g/mol. The van der Waals surface area contributed by atoms with Crippen LogP contribution in [-0.4, -0.2) is 0 Å². The van der Waals surface area contributed by atoms with Crippen LogP contribution < -0.4 is 0 Å². The van der Waals surface area contributed by atoms with Crippen LogP contribution in [0, 0.1) is 0 Å². The zero-order chi connectivity index (χ0) is 7.52. The third kappa shape index (κ3) is 1.80. The van der Waals surface area contributed by atoms with Gasteiger partial charge in [-0.2, -0.15) is 0 Å². The fraction of sp³-hybridized carbons (Fsp3) is 0.200. The third-order valence-corrected chi connectivity index (χ3v) is 5.45. The Balaban J connectivity index is -0.000000144. The molecule has 0 radical (unpaired) electrons. The molecule has 11 heavy (non-hydrogen) atoms. The predicted molar refractivity (Wildman–Crippen MR) is 49.2 cm³/mol. The number of allylic oxidation sites excluding steroid dienone is 8. The maximum atomic E-state index is 2.30.